The number of hydrogen-bond acceptors (Lipinski definition) is 2. The Balaban J connectivity index is 2.13. The first kappa shape index (κ1) is 15.7. The average Bonchev–Trinajstić information content (AvgIpc) is 2.35. The van der Waals surface area contributed by atoms with Crippen molar-refractivity contribution in [2.45, 2.75) is 19.8 Å². The molecule has 0 fully saturated rings. The number of rotatable bonds is 4. The largest absolute Gasteiger partial charge is 0.573 e. The molecular weight excluding hydrogens is 347 g/mol. The summed E-state index contributed by atoms with van der Waals surface area (Å²) in [6, 6.07) is 11.8. The quantitative estimate of drug-likeness (QED) is 0.802. The minimum Gasteiger partial charge on any atom is -0.405 e. The van der Waals surface area contributed by atoms with E-state index < -0.39 is 6.36 Å². The third-order valence-corrected chi connectivity index (χ3v) is 3.18. The van der Waals surface area contributed by atoms with Crippen molar-refractivity contribution in [3.8, 4) is 5.75 Å². The number of alkyl halides is 3. The lowest BCUT2D eigenvalue weighted by Crippen LogP contribution is -2.18. The minimum atomic E-state index is -4.69. The summed E-state index contributed by atoms with van der Waals surface area (Å²) in [6.45, 7) is 2.18. The smallest absolute Gasteiger partial charge is 0.405 e. The number of benzene rings is 2. The SMILES string of the molecule is Cc1cc(Br)cc(NCc2ccccc2OC(F)(F)F)c1. The van der Waals surface area contributed by atoms with Gasteiger partial charge in [0.1, 0.15) is 5.75 Å². The Labute approximate surface area is 129 Å². The second-order valence-electron chi connectivity index (χ2n) is 4.53. The van der Waals surface area contributed by atoms with E-state index in [9.17, 15) is 13.2 Å². The summed E-state index contributed by atoms with van der Waals surface area (Å²) in [5.41, 5.74) is 2.31. The van der Waals surface area contributed by atoms with E-state index in [2.05, 4.69) is 26.0 Å². The van der Waals surface area contributed by atoms with Gasteiger partial charge in [0.15, 0.2) is 0 Å². The van der Waals surface area contributed by atoms with Gasteiger partial charge in [-0.2, -0.15) is 0 Å². The Morgan fingerprint density at radius 1 is 1.14 bits per heavy atom. The number of hydrogen-bond donors (Lipinski definition) is 1. The van der Waals surface area contributed by atoms with Crippen LogP contribution in [0.1, 0.15) is 11.1 Å². The summed E-state index contributed by atoms with van der Waals surface area (Å²) in [6.07, 6.45) is -4.69. The highest BCUT2D eigenvalue weighted by Crippen LogP contribution is 2.27. The number of para-hydroxylation sites is 1. The first-order valence-corrected chi connectivity index (χ1v) is 6.97. The van der Waals surface area contributed by atoms with Crippen LogP contribution in [0.15, 0.2) is 46.9 Å². The number of aryl methyl sites for hydroxylation is 1. The van der Waals surface area contributed by atoms with E-state index in [4.69, 9.17) is 0 Å². The van der Waals surface area contributed by atoms with Crippen molar-refractivity contribution >= 4 is 21.6 Å². The molecule has 2 aromatic rings. The molecule has 0 saturated heterocycles. The standard InChI is InChI=1S/C15H13BrF3NO/c1-10-6-12(16)8-13(7-10)20-9-11-4-2-3-5-14(11)21-15(17,18)19/h2-8,20H,9H2,1H3. The topological polar surface area (TPSA) is 21.3 Å². The Kier molecular flexibility index (Phi) is 4.77. The summed E-state index contributed by atoms with van der Waals surface area (Å²) < 4.78 is 42.0. The molecule has 2 rings (SSSR count). The Bertz CT molecular complexity index is 608. The first-order chi connectivity index (χ1) is 9.83. The van der Waals surface area contributed by atoms with E-state index in [1.807, 2.05) is 25.1 Å². The van der Waals surface area contributed by atoms with Crippen LogP contribution in [0.5, 0.6) is 5.75 Å². The molecule has 0 amide bonds. The fraction of sp³-hybridized carbons (Fsp3) is 0.200. The fourth-order valence-corrected chi connectivity index (χ4v) is 2.52. The maximum absolute atomic E-state index is 12.3. The number of ether oxygens (including phenoxy) is 1. The summed E-state index contributed by atoms with van der Waals surface area (Å²) in [5, 5.41) is 3.09. The van der Waals surface area contributed by atoms with Crippen molar-refractivity contribution in [1.29, 1.82) is 0 Å². The van der Waals surface area contributed by atoms with Crippen LogP contribution in [-0.4, -0.2) is 6.36 Å². The predicted molar refractivity (Wildman–Crippen MR) is 79.3 cm³/mol. The van der Waals surface area contributed by atoms with Crippen LogP contribution in [0, 0.1) is 6.92 Å². The van der Waals surface area contributed by atoms with Crippen LogP contribution >= 0.6 is 15.9 Å². The summed E-state index contributed by atoms with van der Waals surface area (Å²) in [4.78, 5) is 0. The Morgan fingerprint density at radius 2 is 1.86 bits per heavy atom. The van der Waals surface area contributed by atoms with Gasteiger partial charge in [-0.3, -0.25) is 0 Å². The molecule has 0 aliphatic carbocycles. The van der Waals surface area contributed by atoms with Gasteiger partial charge < -0.3 is 10.1 Å². The molecular formula is C15H13BrF3NO. The lowest BCUT2D eigenvalue weighted by Gasteiger charge is -2.14. The van der Waals surface area contributed by atoms with Crippen molar-refractivity contribution in [3.05, 3.63) is 58.1 Å². The molecule has 21 heavy (non-hydrogen) atoms. The lowest BCUT2D eigenvalue weighted by atomic mass is 10.2. The van der Waals surface area contributed by atoms with Crippen molar-refractivity contribution in [3.63, 3.8) is 0 Å². The molecule has 0 radical (unpaired) electrons. The zero-order valence-electron chi connectivity index (χ0n) is 11.2. The maximum atomic E-state index is 12.3. The molecule has 6 heteroatoms. The van der Waals surface area contributed by atoms with E-state index in [-0.39, 0.29) is 12.3 Å². The molecule has 0 spiro atoms. The molecule has 0 bridgehead atoms. The van der Waals surface area contributed by atoms with Crippen LogP contribution in [0.25, 0.3) is 0 Å². The zero-order chi connectivity index (χ0) is 15.5. The van der Waals surface area contributed by atoms with E-state index in [1.165, 1.54) is 12.1 Å². The normalized spacial score (nSPS) is 11.3. The summed E-state index contributed by atoms with van der Waals surface area (Å²) in [5.74, 6) is -0.191. The zero-order valence-corrected chi connectivity index (χ0v) is 12.8. The van der Waals surface area contributed by atoms with Crippen LogP contribution in [-0.2, 0) is 6.54 Å². The molecule has 0 aromatic heterocycles. The van der Waals surface area contributed by atoms with Crippen LogP contribution < -0.4 is 10.1 Å². The molecule has 2 nitrogen and oxygen atoms in total. The van der Waals surface area contributed by atoms with E-state index in [0.717, 1.165) is 15.7 Å². The van der Waals surface area contributed by atoms with Gasteiger partial charge in [-0.25, -0.2) is 0 Å². The summed E-state index contributed by atoms with van der Waals surface area (Å²) in [7, 11) is 0. The second kappa shape index (κ2) is 6.39. The second-order valence-corrected chi connectivity index (χ2v) is 5.44. The van der Waals surface area contributed by atoms with Gasteiger partial charge in [-0.05, 0) is 36.8 Å². The highest BCUT2D eigenvalue weighted by atomic mass is 79.9. The van der Waals surface area contributed by atoms with Gasteiger partial charge in [-0.15, -0.1) is 13.2 Å². The number of halogens is 4. The predicted octanol–water partition coefficient (Wildman–Crippen LogP) is 5.27. The van der Waals surface area contributed by atoms with Crippen molar-refractivity contribution < 1.29 is 17.9 Å². The van der Waals surface area contributed by atoms with Gasteiger partial charge >= 0.3 is 6.36 Å². The first-order valence-electron chi connectivity index (χ1n) is 6.18. The molecule has 0 aliphatic heterocycles. The molecule has 0 heterocycles. The molecule has 0 atom stereocenters. The lowest BCUT2D eigenvalue weighted by molar-refractivity contribution is -0.274. The van der Waals surface area contributed by atoms with Gasteiger partial charge in [0.2, 0.25) is 0 Å². The van der Waals surface area contributed by atoms with Crippen LogP contribution in [0.4, 0.5) is 18.9 Å². The number of nitrogens with one attached hydrogen (secondary N) is 1. The monoisotopic (exact) mass is 359 g/mol. The molecule has 1 N–H and O–H groups in total. The molecule has 112 valence electrons. The molecule has 0 aliphatic rings. The minimum absolute atomic E-state index is 0.191. The molecule has 2 aromatic carbocycles. The highest BCUT2D eigenvalue weighted by molar-refractivity contribution is 9.10. The van der Waals surface area contributed by atoms with Gasteiger partial charge in [0, 0.05) is 22.3 Å². The fourth-order valence-electron chi connectivity index (χ4n) is 1.91. The summed E-state index contributed by atoms with van der Waals surface area (Å²) >= 11 is 3.38. The Morgan fingerprint density at radius 3 is 2.52 bits per heavy atom. The van der Waals surface area contributed by atoms with Gasteiger partial charge in [-0.1, -0.05) is 34.1 Å². The third kappa shape index (κ3) is 4.97. The average molecular weight is 360 g/mol. The van der Waals surface area contributed by atoms with E-state index in [1.54, 1.807) is 12.1 Å². The van der Waals surface area contributed by atoms with Crippen LogP contribution in [0.3, 0.4) is 0 Å². The Hall–Kier alpha value is -1.69. The molecule has 0 saturated carbocycles. The van der Waals surface area contributed by atoms with E-state index in [0.29, 0.717) is 5.56 Å². The van der Waals surface area contributed by atoms with Crippen molar-refractivity contribution in [2.75, 3.05) is 5.32 Å². The van der Waals surface area contributed by atoms with Crippen molar-refractivity contribution in [2.24, 2.45) is 0 Å². The maximum Gasteiger partial charge on any atom is 0.573 e. The van der Waals surface area contributed by atoms with Gasteiger partial charge in [0.25, 0.3) is 0 Å². The third-order valence-electron chi connectivity index (χ3n) is 2.72. The van der Waals surface area contributed by atoms with Crippen molar-refractivity contribution in [1.82, 2.24) is 0 Å². The van der Waals surface area contributed by atoms with Crippen LogP contribution in [0.2, 0.25) is 0 Å². The highest BCUT2D eigenvalue weighted by Gasteiger charge is 2.31. The molecule has 0 unspecified atom stereocenters. The number of anilines is 1. The van der Waals surface area contributed by atoms with E-state index >= 15 is 0 Å². The van der Waals surface area contributed by atoms with Gasteiger partial charge in [0.05, 0.1) is 0 Å².